The van der Waals surface area contributed by atoms with Gasteiger partial charge >= 0.3 is 0 Å². The molecule has 2 rings (SSSR count). The van der Waals surface area contributed by atoms with E-state index in [4.69, 9.17) is 10.2 Å². The van der Waals surface area contributed by atoms with Crippen LogP contribution in [0.2, 0.25) is 0 Å². The van der Waals surface area contributed by atoms with Gasteiger partial charge in [-0.3, -0.25) is 4.79 Å². The van der Waals surface area contributed by atoms with Crippen LogP contribution in [-0.2, 0) is 13.1 Å². The van der Waals surface area contributed by atoms with Gasteiger partial charge in [0, 0.05) is 17.7 Å². The molecule has 1 amide bonds. The second-order valence-electron chi connectivity index (χ2n) is 4.52. The molecule has 1 aromatic carbocycles. The minimum absolute atomic E-state index is 0.158. The Balaban J connectivity index is 1.95. The van der Waals surface area contributed by atoms with Crippen molar-refractivity contribution >= 4 is 5.91 Å². The standard InChI is InChI=1S/C14H16FN3O2/c1-8-9(2)20-13(18-8)7-17-6-11-4-3-10(14(16)19)5-12(11)15/h3-5,17H,6-7H2,1-2H3,(H2,16,19). The molecule has 2 aromatic rings. The molecular formula is C14H16FN3O2. The smallest absolute Gasteiger partial charge is 0.248 e. The number of nitrogens with zero attached hydrogens (tertiary/aromatic N) is 1. The summed E-state index contributed by atoms with van der Waals surface area (Å²) in [6, 6.07) is 4.18. The van der Waals surface area contributed by atoms with E-state index in [0.717, 1.165) is 17.5 Å². The molecule has 6 heteroatoms. The lowest BCUT2D eigenvalue weighted by molar-refractivity contribution is 0.1000. The van der Waals surface area contributed by atoms with Crippen molar-refractivity contribution in [2.75, 3.05) is 0 Å². The van der Waals surface area contributed by atoms with Crippen molar-refractivity contribution < 1.29 is 13.6 Å². The first-order chi connectivity index (χ1) is 9.47. The van der Waals surface area contributed by atoms with E-state index in [0.29, 0.717) is 24.5 Å². The highest BCUT2D eigenvalue weighted by molar-refractivity contribution is 5.92. The number of amides is 1. The fourth-order valence-electron chi connectivity index (χ4n) is 1.76. The Morgan fingerprint density at radius 1 is 1.40 bits per heavy atom. The molecule has 20 heavy (non-hydrogen) atoms. The van der Waals surface area contributed by atoms with Crippen molar-refractivity contribution in [1.29, 1.82) is 0 Å². The Bertz CT molecular complexity index is 618. The van der Waals surface area contributed by atoms with Crippen molar-refractivity contribution in [2.24, 2.45) is 5.73 Å². The predicted octanol–water partition coefficient (Wildman–Crippen LogP) is 1.82. The van der Waals surface area contributed by atoms with Crippen LogP contribution in [0.1, 0.15) is 33.3 Å². The maximum Gasteiger partial charge on any atom is 0.248 e. The number of rotatable bonds is 5. The summed E-state index contributed by atoms with van der Waals surface area (Å²) in [7, 11) is 0. The zero-order valence-electron chi connectivity index (χ0n) is 11.4. The summed E-state index contributed by atoms with van der Waals surface area (Å²) in [6.07, 6.45) is 0. The quantitative estimate of drug-likeness (QED) is 0.873. The van der Waals surface area contributed by atoms with Gasteiger partial charge in [0.2, 0.25) is 11.8 Å². The van der Waals surface area contributed by atoms with Crippen molar-refractivity contribution in [2.45, 2.75) is 26.9 Å². The van der Waals surface area contributed by atoms with Crippen LogP contribution in [0, 0.1) is 19.7 Å². The molecule has 0 atom stereocenters. The first-order valence-electron chi connectivity index (χ1n) is 6.19. The highest BCUT2D eigenvalue weighted by Gasteiger charge is 2.08. The van der Waals surface area contributed by atoms with E-state index in [1.54, 1.807) is 0 Å². The average molecular weight is 277 g/mol. The zero-order chi connectivity index (χ0) is 14.7. The van der Waals surface area contributed by atoms with Gasteiger partial charge in [-0.1, -0.05) is 6.07 Å². The molecule has 106 valence electrons. The molecule has 0 aliphatic heterocycles. The molecule has 5 nitrogen and oxygen atoms in total. The van der Waals surface area contributed by atoms with E-state index < -0.39 is 11.7 Å². The SMILES string of the molecule is Cc1nc(CNCc2ccc(C(N)=O)cc2F)oc1C. The van der Waals surface area contributed by atoms with Crippen LogP contribution in [-0.4, -0.2) is 10.9 Å². The number of primary amides is 1. The van der Waals surface area contributed by atoms with Crippen LogP contribution in [0.25, 0.3) is 0 Å². The van der Waals surface area contributed by atoms with Gasteiger partial charge in [0.15, 0.2) is 0 Å². The third kappa shape index (κ3) is 3.21. The number of aromatic nitrogens is 1. The lowest BCUT2D eigenvalue weighted by atomic mass is 10.1. The minimum Gasteiger partial charge on any atom is -0.444 e. The fraction of sp³-hybridized carbons (Fsp3) is 0.286. The van der Waals surface area contributed by atoms with Crippen LogP contribution in [0.3, 0.4) is 0 Å². The molecule has 0 unspecified atom stereocenters. The summed E-state index contributed by atoms with van der Waals surface area (Å²) in [6.45, 7) is 4.43. The maximum absolute atomic E-state index is 13.7. The summed E-state index contributed by atoms with van der Waals surface area (Å²) in [5, 5.41) is 3.04. The molecule has 3 N–H and O–H groups in total. The number of benzene rings is 1. The number of carbonyl (C=O) groups is 1. The van der Waals surface area contributed by atoms with E-state index >= 15 is 0 Å². The highest BCUT2D eigenvalue weighted by Crippen LogP contribution is 2.11. The lowest BCUT2D eigenvalue weighted by Crippen LogP contribution is -2.15. The number of nitrogens with one attached hydrogen (secondary N) is 1. The first-order valence-corrected chi connectivity index (χ1v) is 6.19. The third-order valence-corrected chi connectivity index (χ3v) is 3.00. The van der Waals surface area contributed by atoms with Crippen molar-refractivity contribution in [3.63, 3.8) is 0 Å². The van der Waals surface area contributed by atoms with Crippen LogP contribution in [0.15, 0.2) is 22.6 Å². The number of aryl methyl sites for hydroxylation is 2. The van der Waals surface area contributed by atoms with E-state index in [9.17, 15) is 9.18 Å². The Morgan fingerprint density at radius 3 is 2.70 bits per heavy atom. The number of nitrogens with two attached hydrogens (primary N) is 1. The summed E-state index contributed by atoms with van der Waals surface area (Å²) in [5.41, 5.74) is 6.54. The summed E-state index contributed by atoms with van der Waals surface area (Å²) in [4.78, 5) is 15.1. The van der Waals surface area contributed by atoms with Crippen molar-refractivity contribution in [3.8, 4) is 0 Å². The monoisotopic (exact) mass is 277 g/mol. The highest BCUT2D eigenvalue weighted by atomic mass is 19.1. The number of oxazole rings is 1. The number of hydrogen-bond donors (Lipinski definition) is 2. The van der Waals surface area contributed by atoms with Gasteiger partial charge in [-0.05, 0) is 26.0 Å². The first kappa shape index (κ1) is 14.2. The van der Waals surface area contributed by atoms with Crippen LogP contribution >= 0.6 is 0 Å². The average Bonchev–Trinajstić information content (AvgIpc) is 2.70. The minimum atomic E-state index is -0.644. The van der Waals surface area contributed by atoms with Crippen LogP contribution in [0.4, 0.5) is 4.39 Å². The van der Waals surface area contributed by atoms with Gasteiger partial charge in [-0.25, -0.2) is 9.37 Å². The van der Waals surface area contributed by atoms with E-state index in [1.165, 1.54) is 12.1 Å². The molecule has 0 fully saturated rings. The van der Waals surface area contributed by atoms with E-state index in [2.05, 4.69) is 10.3 Å². The van der Waals surface area contributed by atoms with Crippen LogP contribution in [0.5, 0.6) is 0 Å². The Labute approximate surface area is 116 Å². The third-order valence-electron chi connectivity index (χ3n) is 3.00. The van der Waals surface area contributed by atoms with Gasteiger partial charge in [0.1, 0.15) is 11.6 Å². The van der Waals surface area contributed by atoms with Gasteiger partial charge < -0.3 is 15.5 Å². The molecule has 0 spiro atoms. The van der Waals surface area contributed by atoms with Gasteiger partial charge in [-0.15, -0.1) is 0 Å². The zero-order valence-corrected chi connectivity index (χ0v) is 11.4. The normalized spacial score (nSPS) is 10.8. The lowest BCUT2D eigenvalue weighted by Gasteiger charge is -2.05. The molecule has 0 bridgehead atoms. The summed E-state index contributed by atoms with van der Waals surface area (Å²) >= 11 is 0. The van der Waals surface area contributed by atoms with Gasteiger partial charge in [-0.2, -0.15) is 0 Å². The topological polar surface area (TPSA) is 81.1 Å². The largest absolute Gasteiger partial charge is 0.444 e. The predicted molar refractivity (Wildman–Crippen MR) is 71.4 cm³/mol. The second kappa shape index (κ2) is 5.83. The Kier molecular flexibility index (Phi) is 4.14. The second-order valence-corrected chi connectivity index (χ2v) is 4.52. The van der Waals surface area contributed by atoms with Gasteiger partial charge in [0.25, 0.3) is 0 Å². The van der Waals surface area contributed by atoms with Crippen molar-refractivity contribution in [3.05, 3.63) is 52.5 Å². The molecule has 0 radical (unpaired) electrons. The van der Waals surface area contributed by atoms with E-state index in [-0.39, 0.29) is 5.56 Å². The van der Waals surface area contributed by atoms with Gasteiger partial charge in [0.05, 0.1) is 12.2 Å². The maximum atomic E-state index is 13.7. The molecule has 1 aromatic heterocycles. The number of carbonyl (C=O) groups excluding carboxylic acids is 1. The number of halogens is 1. The molecule has 0 saturated heterocycles. The number of hydrogen-bond acceptors (Lipinski definition) is 4. The molecule has 1 heterocycles. The van der Waals surface area contributed by atoms with Crippen LogP contribution < -0.4 is 11.1 Å². The Hall–Kier alpha value is -2.21. The molecule has 0 aliphatic carbocycles. The summed E-state index contributed by atoms with van der Waals surface area (Å²) in [5.74, 6) is 0.232. The van der Waals surface area contributed by atoms with Crippen molar-refractivity contribution in [1.82, 2.24) is 10.3 Å². The fourth-order valence-corrected chi connectivity index (χ4v) is 1.76. The van der Waals surface area contributed by atoms with E-state index in [1.807, 2.05) is 13.8 Å². The Morgan fingerprint density at radius 2 is 2.15 bits per heavy atom. The molecular weight excluding hydrogens is 261 g/mol. The summed E-state index contributed by atoms with van der Waals surface area (Å²) < 4.78 is 19.1. The molecule has 0 saturated carbocycles. The molecule has 0 aliphatic rings.